The average molecular weight is 307 g/mol. The van der Waals surface area contributed by atoms with E-state index in [4.69, 9.17) is 16.7 Å². The number of aromatic nitrogens is 1. The Labute approximate surface area is 125 Å². The molecule has 0 atom stereocenters. The van der Waals surface area contributed by atoms with Gasteiger partial charge in [-0.2, -0.15) is 0 Å². The second-order valence-corrected chi connectivity index (χ2v) is 5.52. The zero-order valence-electron chi connectivity index (χ0n) is 10.6. The van der Waals surface area contributed by atoms with Gasteiger partial charge in [0.1, 0.15) is 11.5 Å². The number of aliphatic hydroxyl groups excluding tert-OH is 1. The van der Waals surface area contributed by atoms with Crippen LogP contribution in [0.3, 0.4) is 0 Å². The van der Waals surface area contributed by atoms with Gasteiger partial charge in [0.15, 0.2) is 0 Å². The number of halogens is 1. The third-order valence-electron chi connectivity index (χ3n) is 2.38. The van der Waals surface area contributed by atoms with Crippen LogP contribution in [0.2, 0.25) is 5.02 Å². The standard InChI is InChI=1S/C14H11ClN2O2S/c1-9-16-8-13(20-9)14(19)17-12-7-11(15)5-4-10(12)3-2-6-18/h4-5,7-8,18H,6H2,1H3,(H,17,19). The van der Waals surface area contributed by atoms with Crippen molar-refractivity contribution in [1.82, 2.24) is 4.98 Å². The molecule has 1 amide bonds. The van der Waals surface area contributed by atoms with Crippen molar-refractivity contribution in [3.63, 3.8) is 0 Å². The summed E-state index contributed by atoms with van der Waals surface area (Å²) in [6.07, 6.45) is 1.53. The molecule has 0 saturated carbocycles. The molecule has 0 aliphatic heterocycles. The van der Waals surface area contributed by atoms with E-state index in [1.54, 1.807) is 18.2 Å². The number of hydrogen-bond acceptors (Lipinski definition) is 4. The quantitative estimate of drug-likeness (QED) is 0.839. The fraction of sp³-hybridized carbons (Fsp3) is 0.143. The normalized spacial score (nSPS) is 9.75. The topological polar surface area (TPSA) is 62.2 Å². The molecule has 2 N–H and O–H groups in total. The minimum Gasteiger partial charge on any atom is -0.384 e. The third kappa shape index (κ3) is 3.58. The number of aliphatic hydroxyl groups is 1. The van der Waals surface area contributed by atoms with E-state index in [0.29, 0.717) is 21.2 Å². The lowest BCUT2D eigenvalue weighted by atomic mass is 10.2. The predicted molar refractivity (Wildman–Crippen MR) is 80.2 cm³/mol. The number of nitrogens with zero attached hydrogens (tertiary/aromatic N) is 1. The molecular weight excluding hydrogens is 296 g/mol. The van der Waals surface area contributed by atoms with E-state index in [-0.39, 0.29) is 12.5 Å². The third-order valence-corrected chi connectivity index (χ3v) is 3.52. The Morgan fingerprint density at radius 3 is 3.00 bits per heavy atom. The molecule has 0 spiro atoms. The van der Waals surface area contributed by atoms with Gasteiger partial charge in [-0.25, -0.2) is 4.98 Å². The number of anilines is 1. The Balaban J connectivity index is 2.28. The number of benzene rings is 1. The van der Waals surface area contributed by atoms with Gasteiger partial charge >= 0.3 is 0 Å². The molecule has 0 bridgehead atoms. The van der Waals surface area contributed by atoms with Gasteiger partial charge in [0.05, 0.1) is 16.9 Å². The highest BCUT2D eigenvalue weighted by Gasteiger charge is 2.11. The lowest BCUT2D eigenvalue weighted by molar-refractivity contribution is 0.103. The van der Waals surface area contributed by atoms with Gasteiger partial charge in [0.25, 0.3) is 5.91 Å². The molecule has 4 nitrogen and oxygen atoms in total. The molecule has 1 aromatic carbocycles. The highest BCUT2D eigenvalue weighted by atomic mass is 35.5. The Hall–Kier alpha value is -1.87. The Morgan fingerprint density at radius 1 is 1.55 bits per heavy atom. The van der Waals surface area contributed by atoms with Crippen LogP contribution in [0, 0.1) is 18.8 Å². The molecule has 0 fully saturated rings. The summed E-state index contributed by atoms with van der Waals surface area (Å²) in [5.41, 5.74) is 1.10. The molecule has 2 rings (SSSR count). The molecule has 1 aromatic heterocycles. The van der Waals surface area contributed by atoms with Crippen LogP contribution in [-0.4, -0.2) is 22.6 Å². The number of hydrogen-bond donors (Lipinski definition) is 2. The zero-order valence-corrected chi connectivity index (χ0v) is 12.2. The van der Waals surface area contributed by atoms with Gasteiger partial charge in [0.2, 0.25) is 0 Å². The zero-order chi connectivity index (χ0) is 14.5. The summed E-state index contributed by atoms with van der Waals surface area (Å²) in [7, 11) is 0. The number of aryl methyl sites for hydroxylation is 1. The largest absolute Gasteiger partial charge is 0.384 e. The van der Waals surface area contributed by atoms with Crippen LogP contribution in [-0.2, 0) is 0 Å². The molecule has 0 radical (unpaired) electrons. The van der Waals surface area contributed by atoms with Gasteiger partial charge in [-0.05, 0) is 25.1 Å². The highest BCUT2D eigenvalue weighted by molar-refractivity contribution is 7.13. The van der Waals surface area contributed by atoms with Crippen molar-refractivity contribution in [2.45, 2.75) is 6.92 Å². The van der Waals surface area contributed by atoms with Crippen molar-refractivity contribution in [2.75, 3.05) is 11.9 Å². The fourth-order valence-corrected chi connectivity index (χ4v) is 2.36. The van der Waals surface area contributed by atoms with Crippen molar-refractivity contribution in [2.24, 2.45) is 0 Å². The van der Waals surface area contributed by atoms with Crippen LogP contribution in [0.25, 0.3) is 0 Å². The number of nitrogens with one attached hydrogen (secondary N) is 1. The van der Waals surface area contributed by atoms with Gasteiger partial charge in [0, 0.05) is 10.6 Å². The molecular formula is C14H11ClN2O2S. The van der Waals surface area contributed by atoms with Crippen LogP contribution in [0.1, 0.15) is 20.2 Å². The average Bonchev–Trinajstić information content (AvgIpc) is 2.85. The van der Waals surface area contributed by atoms with E-state index in [1.807, 2.05) is 6.92 Å². The summed E-state index contributed by atoms with van der Waals surface area (Å²) in [4.78, 5) is 16.6. The Morgan fingerprint density at radius 2 is 2.35 bits per heavy atom. The summed E-state index contributed by atoms with van der Waals surface area (Å²) in [6.45, 7) is 1.59. The molecule has 0 aliphatic rings. The second-order valence-electron chi connectivity index (χ2n) is 3.85. The number of carbonyl (C=O) groups is 1. The molecule has 0 unspecified atom stereocenters. The molecule has 20 heavy (non-hydrogen) atoms. The summed E-state index contributed by atoms with van der Waals surface area (Å²) < 4.78 is 0. The molecule has 0 aliphatic carbocycles. The second kappa shape index (κ2) is 6.53. The highest BCUT2D eigenvalue weighted by Crippen LogP contribution is 2.22. The van der Waals surface area contributed by atoms with Crippen LogP contribution < -0.4 is 5.32 Å². The summed E-state index contributed by atoms with van der Waals surface area (Å²) >= 11 is 7.24. The number of amides is 1. The van der Waals surface area contributed by atoms with Crippen LogP contribution in [0.4, 0.5) is 5.69 Å². The number of carbonyl (C=O) groups excluding carboxylic acids is 1. The maximum atomic E-state index is 12.1. The van der Waals surface area contributed by atoms with Crippen molar-refractivity contribution < 1.29 is 9.90 Å². The first-order valence-corrected chi connectivity index (χ1v) is 6.92. The predicted octanol–water partition coefficient (Wildman–Crippen LogP) is 2.70. The molecule has 0 saturated heterocycles. The minimum absolute atomic E-state index is 0.246. The van der Waals surface area contributed by atoms with E-state index < -0.39 is 0 Å². The van der Waals surface area contributed by atoms with Crippen LogP contribution >= 0.6 is 22.9 Å². The lowest BCUT2D eigenvalue weighted by Gasteiger charge is -2.06. The first kappa shape index (κ1) is 14.5. The molecule has 6 heteroatoms. The van der Waals surface area contributed by atoms with Crippen molar-refractivity contribution in [3.8, 4) is 11.8 Å². The number of thiazole rings is 1. The van der Waals surface area contributed by atoms with E-state index in [1.165, 1.54) is 17.5 Å². The lowest BCUT2D eigenvalue weighted by Crippen LogP contribution is -2.11. The van der Waals surface area contributed by atoms with Gasteiger partial charge in [-0.15, -0.1) is 11.3 Å². The van der Waals surface area contributed by atoms with E-state index >= 15 is 0 Å². The maximum Gasteiger partial charge on any atom is 0.267 e. The molecule has 2 aromatic rings. The maximum absolute atomic E-state index is 12.1. The SMILES string of the molecule is Cc1ncc(C(=O)Nc2cc(Cl)ccc2C#CCO)s1. The van der Waals surface area contributed by atoms with Crippen LogP contribution in [0.15, 0.2) is 24.4 Å². The smallest absolute Gasteiger partial charge is 0.267 e. The van der Waals surface area contributed by atoms with Gasteiger partial charge in [-0.1, -0.05) is 23.4 Å². The molecule has 102 valence electrons. The number of rotatable bonds is 2. The van der Waals surface area contributed by atoms with Crippen LogP contribution in [0.5, 0.6) is 0 Å². The first-order chi connectivity index (χ1) is 9.60. The van der Waals surface area contributed by atoms with Gasteiger partial charge in [-0.3, -0.25) is 4.79 Å². The Kier molecular flexibility index (Phi) is 4.74. The van der Waals surface area contributed by atoms with E-state index in [9.17, 15) is 4.79 Å². The minimum atomic E-state index is -0.259. The summed E-state index contributed by atoms with van der Waals surface area (Å²) in [5.74, 6) is 5.05. The van der Waals surface area contributed by atoms with Crippen molar-refractivity contribution >= 4 is 34.5 Å². The fourth-order valence-electron chi connectivity index (χ4n) is 1.51. The Bertz CT molecular complexity index is 701. The monoisotopic (exact) mass is 306 g/mol. The van der Waals surface area contributed by atoms with E-state index in [2.05, 4.69) is 22.1 Å². The van der Waals surface area contributed by atoms with Gasteiger partial charge < -0.3 is 10.4 Å². The summed E-state index contributed by atoms with van der Waals surface area (Å²) in [5, 5.41) is 12.8. The van der Waals surface area contributed by atoms with E-state index in [0.717, 1.165) is 5.01 Å². The van der Waals surface area contributed by atoms with Crippen molar-refractivity contribution in [3.05, 3.63) is 44.9 Å². The van der Waals surface area contributed by atoms with Crippen molar-refractivity contribution in [1.29, 1.82) is 0 Å². The summed E-state index contributed by atoms with van der Waals surface area (Å²) in [6, 6.07) is 4.99. The first-order valence-electron chi connectivity index (χ1n) is 5.73. The molecule has 1 heterocycles.